The summed E-state index contributed by atoms with van der Waals surface area (Å²) in [6.45, 7) is 2.86. The standard InChI is InChI=1S/C26H26F3N5O/c1-17-6-7-19(23-30-11-3-12-31-23)20(14-17)24(35)34-13-10-25(8-9-25)15-18(34)16-32-22-5-2-4-21(33-22)26(27,28)29/h2-7,11-12,14,18H,8-10,13,15-16H2,1H3,(H,32,33)/t18-/m0/s1. The van der Waals surface area contributed by atoms with Gasteiger partial charge in [0, 0.05) is 37.1 Å². The lowest BCUT2D eigenvalue weighted by atomic mass is 9.87. The Morgan fingerprint density at radius 3 is 2.60 bits per heavy atom. The molecule has 182 valence electrons. The molecule has 1 aliphatic carbocycles. The van der Waals surface area contributed by atoms with Crippen LogP contribution in [-0.2, 0) is 6.18 Å². The number of amides is 1. The second kappa shape index (κ2) is 8.94. The van der Waals surface area contributed by atoms with E-state index in [2.05, 4.69) is 20.3 Å². The molecule has 35 heavy (non-hydrogen) atoms. The first-order valence-corrected chi connectivity index (χ1v) is 11.7. The number of pyridine rings is 1. The van der Waals surface area contributed by atoms with Crippen LogP contribution in [0.1, 0.15) is 47.3 Å². The van der Waals surface area contributed by atoms with Gasteiger partial charge in [0.25, 0.3) is 5.91 Å². The summed E-state index contributed by atoms with van der Waals surface area (Å²) < 4.78 is 39.3. The van der Waals surface area contributed by atoms with E-state index in [-0.39, 0.29) is 23.2 Å². The monoisotopic (exact) mass is 481 g/mol. The van der Waals surface area contributed by atoms with Crippen LogP contribution in [0.4, 0.5) is 19.0 Å². The minimum atomic E-state index is -4.51. The minimum absolute atomic E-state index is 0.115. The molecule has 6 nitrogen and oxygen atoms in total. The molecule has 3 aromatic rings. The molecule has 0 unspecified atom stereocenters. The molecule has 5 rings (SSSR count). The van der Waals surface area contributed by atoms with Crippen LogP contribution in [0.2, 0.25) is 0 Å². The third-order valence-electron chi connectivity index (χ3n) is 6.98. The topological polar surface area (TPSA) is 71.0 Å². The van der Waals surface area contributed by atoms with Crippen LogP contribution in [0.3, 0.4) is 0 Å². The number of likely N-dealkylation sites (tertiary alicyclic amines) is 1. The van der Waals surface area contributed by atoms with Crippen LogP contribution in [0.25, 0.3) is 11.4 Å². The smallest absolute Gasteiger partial charge is 0.368 e. The number of nitrogens with zero attached hydrogens (tertiary/aromatic N) is 4. The van der Waals surface area contributed by atoms with Gasteiger partial charge in [-0.05, 0) is 62.3 Å². The second-order valence-electron chi connectivity index (χ2n) is 9.51. The fourth-order valence-corrected chi connectivity index (χ4v) is 4.87. The number of alkyl halides is 3. The summed E-state index contributed by atoms with van der Waals surface area (Å²) in [4.78, 5) is 28.1. The van der Waals surface area contributed by atoms with Gasteiger partial charge in [-0.2, -0.15) is 13.2 Å². The normalized spacial score (nSPS) is 19.0. The molecule has 2 aliphatic rings. The van der Waals surface area contributed by atoms with Gasteiger partial charge in [-0.1, -0.05) is 23.8 Å². The van der Waals surface area contributed by atoms with E-state index in [0.717, 1.165) is 37.3 Å². The SMILES string of the molecule is Cc1ccc(-c2ncccn2)c(C(=O)N2CCC3(CC3)C[C@H]2CNc2cccc(C(F)(F)F)n2)c1. The van der Waals surface area contributed by atoms with Crippen molar-refractivity contribution in [3.8, 4) is 11.4 Å². The molecule has 1 saturated carbocycles. The van der Waals surface area contributed by atoms with Gasteiger partial charge in [-0.15, -0.1) is 0 Å². The molecule has 1 amide bonds. The van der Waals surface area contributed by atoms with Crippen molar-refractivity contribution in [2.45, 2.75) is 44.8 Å². The molecular weight excluding hydrogens is 455 g/mol. The van der Waals surface area contributed by atoms with Gasteiger partial charge in [0.1, 0.15) is 11.5 Å². The van der Waals surface area contributed by atoms with Crippen LogP contribution in [0.15, 0.2) is 54.9 Å². The van der Waals surface area contributed by atoms with Crippen molar-refractivity contribution < 1.29 is 18.0 Å². The highest BCUT2D eigenvalue weighted by atomic mass is 19.4. The zero-order chi connectivity index (χ0) is 24.6. The third-order valence-corrected chi connectivity index (χ3v) is 6.98. The summed E-state index contributed by atoms with van der Waals surface area (Å²) in [7, 11) is 0. The number of halogens is 3. The van der Waals surface area contributed by atoms with Crippen molar-refractivity contribution in [2.24, 2.45) is 5.41 Å². The first-order valence-electron chi connectivity index (χ1n) is 11.7. The van der Waals surface area contributed by atoms with E-state index in [1.807, 2.05) is 30.0 Å². The lowest BCUT2D eigenvalue weighted by Crippen LogP contribution is -2.50. The first kappa shape index (κ1) is 23.3. The Morgan fingerprint density at radius 1 is 1.11 bits per heavy atom. The lowest BCUT2D eigenvalue weighted by Gasteiger charge is -2.40. The van der Waals surface area contributed by atoms with Gasteiger partial charge in [0.05, 0.1) is 5.56 Å². The van der Waals surface area contributed by atoms with Crippen molar-refractivity contribution in [2.75, 3.05) is 18.4 Å². The summed E-state index contributed by atoms with van der Waals surface area (Å²) in [6, 6.07) is 11.0. The van der Waals surface area contributed by atoms with Gasteiger partial charge in [0.15, 0.2) is 5.82 Å². The van der Waals surface area contributed by atoms with E-state index in [1.165, 1.54) is 12.1 Å². The fraction of sp³-hybridized carbons (Fsp3) is 0.385. The van der Waals surface area contributed by atoms with E-state index in [9.17, 15) is 18.0 Å². The van der Waals surface area contributed by atoms with Crippen molar-refractivity contribution in [1.82, 2.24) is 19.9 Å². The summed E-state index contributed by atoms with van der Waals surface area (Å²) >= 11 is 0. The molecule has 1 spiro atoms. The predicted molar refractivity (Wildman–Crippen MR) is 126 cm³/mol. The molecule has 1 atom stereocenters. The molecule has 3 heterocycles. The highest BCUT2D eigenvalue weighted by Gasteiger charge is 2.49. The Hall–Kier alpha value is -3.49. The second-order valence-corrected chi connectivity index (χ2v) is 9.51. The molecule has 2 fully saturated rings. The van der Waals surface area contributed by atoms with Crippen LogP contribution in [-0.4, -0.2) is 44.9 Å². The maximum atomic E-state index is 13.9. The van der Waals surface area contributed by atoms with Crippen molar-refractivity contribution in [3.05, 3.63) is 71.7 Å². The van der Waals surface area contributed by atoms with Gasteiger partial charge < -0.3 is 10.2 Å². The van der Waals surface area contributed by atoms with Crippen LogP contribution in [0, 0.1) is 12.3 Å². The molecule has 2 aromatic heterocycles. The summed E-state index contributed by atoms with van der Waals surface area (Å²) in [5, 5.41) is 3.06. The zero-order valence-electron chi connectivity index (χ0n) is 19.3. The number of piperidine rings is 1. The van der Waals surface area contributed by atoms with Gasteiger partial charge in [-0.25, -0.2) is 15.0 Å². The highest BCUT2D eigenvalue weighted by Crippen LogP contribution is 2.55. The van der Waals surface area contributed by atoms with Crippen molar-refractivity contribution >= 4 is 11.7 Å². The average Bonchev–Trinajstić information content (AvgIpc) is 3.61. The average molecular weight is 482 g/mol. The Balaban J connectivity index is 1.41. The van der Waals surface area contributed by atoms with Crippen molar-refractivity contribution in [3.63, 3.8) is 0 Å². The number of anilines is 1. The highest BCUT2D eigenvalue weighted by molar-refractivity contribution is 6.00. The van der Waals surface area contributed by atoms with Gasteiger partial charge >= 0.3 is 6.18 Å². The third kappa shape index (κ3) is 4.99. The maximum Gasteiger partial charge on any atom is 0.433 e. The Labute approximate surface area is 201 Å². The van der Waals surface area contributed by atoms with Crippen LogP contribution < -0.4 is 5.32 Å². The summed E-state index contributed by atoms with van der Waals surface area (Å²) in [6.07, 6.45) is 2.77. The van der Waals surface area contributed by atoms with E-state index in [1.54, 1.807) is 18.5 Å². The van der Waals surface area contributed by atoms with E-state index in [0.29, 0.717) is 30.0 Å². The molecule has 1 aliphatic heterocycles. The quantitative estimate of drug-likeness (QED) is 0.531. The van der Waals surface area contributed by atoms with Gasteiger partial charge in [-0.3, -0.25) is 4.79 Å². The lowest BCUT2D eigenvalue weighted by molar-refractivity contribution is -0.141. The number of benzene rings is 1. The molecule has 1 N–H and O–H groups in total. The molecular formula is C26H26F3N5O. The molecule has 0 radical (unpaired) electrons. The Morgan fingerprint density at radius 2 is 1.89 bits per heavy atom. The van der Waals surface area contributed by atoms with Crippen LogP contribution >= 0.6 is 0 Å². The Bertz CT molecular complexity index is 1230. The molecule has 0 bridgehead atoms. The van der Waals surface area contributed by atoms with Crippen molar-refractivity contribution in [1.29, 1.82) is 0 Å². The van der Waals surface area contributed by atoms with E-state index in [4.69, 9.17) is 0 Å². The number of aromatic nitrogens is 3. The molecule has 1 saturated heterocycles. The fourth-order valence-electron chi connectivity index (χ4n) is 4.87. The summed E-state index contributed by atoms with van der Waals surface area (Å²) in [5.41, 5.74) is 1.45. The number of aryl methyl sites for hydroxylation is 1. The number of rotatable bonds is 5. The van der Waals surface area contributed by atoms with Gasteiger partial charge in [0.2, 0.25) is 0 Å². The zero-order valence-corrected chi connectivity index (χ0v) is 19.3. The number of carbonyl (C=O) groups excluding carboxylic acids is 1. The number of carbonyl (C=O) groups is 1. The molecule has 9 heteroatoms. The van der Waals surface area contributed by atoms with E-state index >= 15 is 0 Å². The van der Waals surface area contributed by atoms with E-state index < -0.39 is 11.9 Å². The first-order chi connectivity index (χ1) is 16.7. The molecule has 1 aromatic carbocycles. The number of nitrogens with one attached hydrogen (secondary N) is 1. The minimum Gasteiger partial charge on any atom is -0.368 e. The largest absolute Gasteiger partial charge is 0.433 e. The number of hydrogen-bond donors (Lipinski definition) is 1. The maximum absolute atomic E-state index is 13.9. The number of hydrogen-bond acceptors (Lipinski definition) is 5. The van der Waals surface area contributed by atoms with Crippen LogP contribution in [0.5, 0.6) is 0 Å². The Kier molecular flexibility index (Phi) is 5.94. The summed E-state index contributed by atoms with van der Waals surface area (Å²) in [5.74, 6) is 0.515. The predicted octanol–water partition coefficient (Wildman–Crippen LogP) is 5.36.